The summed E-state index contributed by atoms with van der Waals surface area (Å²) in [5.41, 5.74) is 4.74. The van der Waals surface area contributed by atoms with Crippen molar-refractivity contribution in [1.29, 1.82) is 0 Å². The first-order valence-corrected chi connectivity index (χ1v) is 6.03. The van der Waals surface area contributed by atoms with Gasteiger partial charge in [0.1, 0.15) is 0 Å². The van der Waals surface area contributed by atoms with Crippen LogP contribution in [0.15, 0.2) is 30.3 Å². The zero-order valence-corrected chi connectivity index (χ0v) is 11.2. The topological polar surface area (TPSA) is 55.1 Å². The Morgan fingerprint density at radius 3 is 2.68 bits per heavy atom. The first-order chi connectivity index (χ1) is 8.99. The number of hydrogen-bond donors (Lipinski definition) is 1. The molecule has 19 heavy (non-hydrogen) atoms. The molecule has 2 rings (SSSR count). The van der Waals surface area contributed by atoms with E-state index in [4.69, 9.17) is 5.11 Å². The Bertz CT molecular complexity index is 654. The predicted octanol–water partition coefficient (Wildman–Crippen LogP) is 2.90. The van der Waals surface area contributed by atoms with Crippen molar-refractivity contribution in [2.45, 2.75) is 20.8 Å². The third-order valence-electron chi connectivity index (χ3n) is 2.99. The summed E-state index contributed by atoms with van der Waals surface area (Å²) < 4.78 is 1.84. The average Bonchev–Trinajstić information content (AvgIpc) is 2.62. The summed E-state index contributed by atoms with van der Waals surface area (Å²) in [5.74, 6) is -0.956. The summed E-state index contributed by atoms with van der Waals surface area (Å²) in [6.45, 7) is 5.84. The van der Waals surface area contributed by atoms with Gasteiger partial charge in [0.25, 0.3) is 0 Å². The zero-order chi connectivity index (χ0) is 14.0. The minimum Gasteiger partial charge on any atom is -0.478 e. The highest BCUT2D eigenvalue weighted by Gasteiger charge is 2.10. The molecule has 0 radical (unpaired) electrons. The molecule has 0 bridgehead atoms. The Hall–Kier alpha value is -2.36. The second-order valence-corrected chi connectivity index (χ2v) is 4.51. The van der Waals surface area contributed by atoms with E-state index in [0.717, 1.165) is 34.3 Å². The molecule has 0 saturated carbocycles. The van der Waals surface area contributed by atoms with Crippen LogP contribution in [0.4, 0.5) is 0 Å². The van der Waals surface area contributed by atoms with Crippen LogP contribution < -0.4 is 0 Å². The molecule has 1 N–H and O–H groups in total. The van der Waals surface area contributed by atoms with Crippen molar-refractivity contribution in [3.63, 3.8) is 0 Å². The van der Waals surface area contributed by atoms with Crippen LogP contribution in [0.25, 0.3) is 11.8 Å². The number of rotatable bonds is 3. The van der Waals surface area contributed by atoms with Crippen molar-refractivity contribution in [1.82, 2.24) is 9.78 Å². The largest absolute Gasteiger partial charge is 0.478 e. The molecule has 4 heteroatoms. The fraction of sp³-hybridized carbons (Fsp3) is 0.200. The first kappa shape index (κ1) is 13.1. The maximum absolute atomic E-state index is 10.6. The van der Waals surface area contributed by atoms with Gasteiger partial charge in [0, 0.05) is 17.3 Å². The lowest BCUT2D eigenvalue weighted by atomic mass is 10.1. The summed E-state index contributed by atoms with van der Waals surface area (Å²) in [6.07, 6.45) is 2.73. The van der Waals surface area contributed by atoms with Crippen molar-refractivity contribution < 1.29 is 9.90 Å². The monoisotopic (exact) mass is 256 g/mol. The van der Waals surface area contributed by atoms with E-state index in [1.807, 2.05) is 49.7 Å². The number of aryl methyl sites for hydroxylation is 2. The van der Waals surface area contributed by atoms with Crippen molar-refractivity contribution in [3.8, 4) is 5.69 Å². The number of benzene rings is 1. The van der Waals surface area contributed by atoms with Crippen LogP contribution in [-0.4, -0.2) is 20.9 Å². The Kier molecular flexibility index (Phi) is 3.51. The van der Waals surface area contributed by atoms with E-state index >= 15 is 0 Å². The highest BCUT2D eigenvalue weighted by atomic mass is 16.4. The predicted molar refractivity (Wildman–Crippen MR) is 74.4 cm³/mol. The van der Waals surface area contributed by atoms with Crippen LogP contribution in [0.3, 0.4) is 0 Å². The van der Waals surface area contributed by atoms with Crippen LogP contribution >= 0.6 is 0 Å². The number of nitrogens with zero attached hydrogens (tertiary/aromatic N) is 2. The van der Waals surface area contributed by atoms with Crippen LogP contribution in [0.2, 0.25) is 0 Å². The van der Waals surface area contributed by atoms with Crippen LogP contribution in [0.5, 0.6) is 0 Å². The summed E-state index contributed by atoms with van der Waals surface area (Å²) in [6, 6.07) is 8.04. The van der Waals surface area contributed by atoms with E-state index in [0.29, 0.717) is 0 Å². The molecule has 1 aromatic heterocycles. The van der Waals surface area contributed by atoms with E-state index in [1.165, 1.54) is 0 Å². The molecule has 98 valence electrons. The van der Waals surface area contributed by atoms with Gasteiger partial charge in [-0.25, -0.2) is 9.48 Å². The van der Waals surface area contributed by atoms with Crippen molar-refractivity contribution >= 4 is 12.0 Å². The highest BCUT2D eigenvalue weighted by molar-refractivity contribution is 5.85. The molecule has 0 spiro atoms. The number of carbonyl (C=O) groups is 1. The lowest BCUT2D eigenvalue weighted by molar-refractivity contribution is -0.131. The van der Waals surface area contributed by atoms with Crippen molar-refractivity contribution in [3.05, 3.63) is 52.9 Å². The second-order valence-electron chi connectivity index (χ2n) is 4.51. The van der Waals surface area contributed by atoms with Crippen LogP contribution in [0.1, 0.15) is 22.5 Å². The summed E-state index contributed by atoms with van der Waals surface area (Å²) >= 11 is 0. The maximum atomic E-state index is 10.6. The quantitative estimate of drug-likeness (QED) is 0.859. The zero-order valence-electron chi connectivity index (χ0n) is 11.2. The molecule has 0 fully saturated rings. The van der Waals surface area contributed by atoms with E-state index in [9.17, 15) is 4.79 Å². The second kappa shape index (κ2) is 5.10. The Balaban J connectivity index is 2.50. The third kappa shape index (κ3) is 2.73. The summed E-state index contributed by atoms with van der Waals surface area (Å²) in [5, 5.41) is 13.2. The molecular formula is C15H16N2O2. The van der Waals surface area contributed by atoms with Gasteiger partial charge >= 0.3 is 5.97 Å². The molecule has 0 aliphatic carbocycles. The molecule has 1 heterocycles. The maximum Gasteiger partial charge on any atom is 0.328 e. The van der Waals surface area contributed by atoms with Gasteiger partial charge in [-0.2, -0.15) is 5.10 Å². The summed E-state index contributed by atoms with van der Waals surface area (Å²) in [4.78, 5) is 10.6. The van der Waals surface area contributed by atoms with Gasteiger partial charge in [0.15, 0.2) is 0 Å². The average molecular weight is 256 g/mol. The SMILES string of the molecule is Cc1cccc(-n2nc(C)c(/C=C/C(=O)O)c2C)c1. The lowest BCUT2D eigenvalue weighted by Crippen LogP contribution is -1.99. The molecule has 1 aromatic carbocycles. The van der Waals surface area contributed by atoms with Gasteiger partial charge < -0.3 is 5.11 Å². The Labute approximate surface area is 112 Å². The normalized spacial score (nSPS) is 11.1. The van der Waals surface area contributed by atoms with E-state index in [2.05, 4.69) is 5.10 Å². The minimum atomic E-state index is -0.956. The molecule has 0 amide bonds. The van der Waals surface area contributed by atoms with Crippen molar-refractivity contribution in [2.24, 2.45) is 0 Å². The fourth-order valence-electron chi connectivity index (χ4n) is 2.06. The molecule has 2 aromatic rings. The Morgan fingerprint density at radius 1 is 1.32 bits per heavy atom. The molecule has 0 saturated heterocycles. The lowest BCUT2D eigenvalue weighted by Gasteiger charge is -2.05. The summed E-state index contributed by atoms with van der Waals surface area (Å²) in [7, 11) is 0. The standard InChI is InChI=1S/C15H16N2O2/c1-10-5-4-6-13(9-10)17-12(3)14(11(2)16-17)7-8-15(18)19/h4-9H,1-3H3,(H,18,19)/b8-7+. The molecule has 4 nitrogen and oxygen atoms in total. The number of aromatic nitrogens is 2. The van der Waals surface area contributed by atoms with Gasteiger partial charge in [-0.05, 0) is 44.5 Å². The van der Waals surface area contributed by atoms with Gasteiger partial charge in [-0.1, -0.05) is 12.1 Å². The molecule has 0 aliphatic rings. The number of carboxylic acid groups (broad SMARTS) is 1. The van der Waals surface area contributed by atoms with Gasteiger partial charge in [0.05, 0.1) is 11.4 Å². The van der Waals surface area contributed by atoms with E-state index < -0.39 is 5.97 Å². The highest BCUT2D eigenvalue weighted by Crippen LogP contribution is 2.19. The van der Waals surface area contributed by atoms with Crippen molar-refractivity contribution in [2.75, 3.05) is 0 Å². The van der Waals surface area contributed by atoms with Gasteiger partial charge in [-0.3, -0.25) is 0 Å². The van der Waals surface area contributed by atoms with E-state index in [-0.39, 0.29) is 0 Å². The molecule has 0 unspecified atom stereocenters. The van der Waals surface area contributed by atoms with Crippen LogP contribution in [0, 0.1) is 20.8 Å². The number of aliphatic carboxylic acids is 1. The van der Waals surface area contributed by atoms with E-state index in [1.54, 1.807) is 6.08 Å². The number of carboxylic acids is 1. The van der Waals surface area contributed by atoms with Crippen LogP contribution in [-0.2, 0) is 4.79 Å². The molecule has 0 atom stereocenters. The first-order valence-electron chi connectivity index (χ1n) is 6.03. The third-order valence-corrected chi connectivity index (χ3v) is 2.99. The van der Waals surface area contributed by atoms with Gasteiger partial charge in [0.2, 0.25) is 0 Å². The Morgan fingerprint density at radius 2 is 2.05 bits per heavy atom. The minimum absolute atomic E-state index is 0.816. The smallest absolute Gasteiger partial charge is 0.328 e. The van der Waals surface area contributed by atoms with Gasteiger partial charge in [-0.15, -0.1) is 0 Å². The number of hydrogen-bond acceptors (Lipinski definition) is 2. The molecular weight excluding hydrogens is 240 g/mol. The molecule has 0 aliphatic heterocycles. The fourth-order valence-corrected chi connectivity index (χ4v) is 2.06.